The number of aryl methyl sites for hydroxylation is 2. The molecule has 3 rings (SSSR count). The third kappa shape index (κ3) is 3.83. The van der Waals surface area contributed by atoms with E-state index >= 15 is 0 Å². The van der Waals surface area contributed by atoms with Crippen LogP contribution in [-0.4, -0.2) is 10.9 Å². The van der Waals surface area contributed by atoms with Crippen molar-refractivity contribution in [3.63, 3.8) is 0 Å². The minimum absolute atomic E-state index is 0.146. The Morgan fingerprint density at radius 2 is 2.05 bits per heavy atom. The van der Waals surface area contributed by atoms with Crippen molar-refractivity contribution in [1.29, 1.82) is 0 Å². The Kier molecular flexibility index (Phi) is 4.65. The largest absolute Gasteiger partial charge is 0.472 e. The zero-order valence-electron chi connectivity index (χ0n) is 12.0. The van der Waals surface area contributed by atoms with Crippen molar-refractivity contribution < 1.29 is 9.21 Å². The molecule has 2 heterocycles. The molecule has 0 aliphatic carbocycles. The molecule has 112 valence electrons. The number of aromatic nitrogens is 1. The van der Waals surface area contributed by atoms with Crippen molar-refractivity contribution in [1.82, 2.24) is 10.3 Å². The Balaban J connectivity index is 1.50. The molecular weight excluding hydrogens is 296 g/mol. The van der Waals surface area contributed by atoms with Gasteiger partial charge in [-0.15, -0.1) is 11.3 Å². The molecule has 0 bridgehead atoms. The van der Waals surface area contributed by atoms with Gasteiger partial charge in [-0.25, -0.2) is 4.98 Å². The third-order valence-electron chi connectivity index (χ3n) is 3.28. The standard InChI is InChI=1S/C17H16N2O2S/c20-17(14-8-9-21-11-14)18-10-15-12-22-16(19-15)7-6-13-4-2-1-3-5-13/h1-5,8-9,11-12H,6-7,10H2,(H,18,20). The first-order chi connectivity index (χ1) is 10.8. The van der Waals surface area contributed by atoms with Crippen LogP contribution in [0.2, 0.25) is 0 Å². The van der Waals surface area contributed by atoms with Gasteiger partial charge in [-0.3, -0.25) is 4.79 Å². The van der Waals surface area contributed by atoms with Crippen LogP contribution >= 0.6 is 11.3 Å². The Morgan fingerprint density at radius 1 is 1.18 bits per heavy atom. The molecule has 0 fully saturated rings. The van der Waals surface area contributed by atoms with Crippen LogP contribution in [0.25, 0.3) is 0 Å². The third-order valence-corrected chi connectivity index (χ3v) is 4.24. The van der Waals surface area contributed by atoms with Gasteiger partial charge in [0, 0.05) is 11.8 Å². The topological polar surface area (TPSA) is 55.1 Å². The number of benzene rings is 1. The molecular formula is C17H16N2O2S. The van der Waals surface area contributed by atoms with Gasteiger partial charge in [0.2, 0.25) is 0 Å². The molecule has 4 nitrogen and oxygen atoms in total. The summed E-state index contributed by atoms with van der Waals surface area (Å²) >= 11 is 1.64. The number of nitrogens with zero attached hydrogens (tertiary/aromatic N) is 1. The van der Waals surface area contributed by atoms with Crippen molar-refractivity contribution in [2.45, 2.75) is 19.4 Å². The van der Waals surface area contributed by atoms with Crippen LogP contribution in [-0.2, 0) is 19.4 Å². The van der Waals surface area contributed by atoms with E-state index < -0.39 is 0 Å². The number of thiazole rings is 1. The number of nitrogens with one attached hydrogen (secondary N) is 1. The Hall–Kier alpha value is -2.40. The van der Waals surface area contributed by atoms with Crippen LogP contribution in [0, 0.1) is 0 Å². The highest BCUT2D eigenvalue weighted by atomic mass is 32.1. The van der Waals surface area contributed by atoms with Crippen LogP contribution in [0.4, 0.5) is 0 Å². The number of furan rings is 1. The molecule has 0 unspecified atom stereocenters. The second-order valence-corrected chi connectivity index (χ2v) is 5.86. The molecule has 1 N–H and O–H groups in total. The number of carbonyl (C=O) groups is 1. The van der Waals surface area contributed by atoms with Gasteiger partial charge in [-0.05, 0) is 18.1 Å². The van der Waals surface area contributed by atoms with E-state index in [-0.39, 0.29) is 5.91 Å². The predicted octanol–water partition coefficient (Wildman–Crippen LogP) is 3.45. The molecule has 0 atom stereocenters. The van der Waals surface area contributed by atoms with Crippen molar-refractivity contribution in [2.24, 2.45) is 0 Å². The maximum Gasteiger partial charge on any atom is 0.254 e. The zero-order chi connectivity index (χ0) is 15.2. The van der Waals surface area contributed by atoms with Gasteiger partial charge >= 0.3 is 0 Å². The fourth-order valence-corrected chi connectivity index (χ4v) is 2.91. The monoisotopic (exact) mass is 312 g/mol. The summed E-state index contributed by atoms with van der Waals surface area (Å²) in [4.78, 5) is 16.4. The van der Waals surface area contributed by atoms with E-state index in [0.29, 0.717) is 12.1 Å². The molecule has 5 heteroatoms. The summed E-state index contributed by atoms with van der Waals surface area (Å²) in [6, 6.07) is 12.0. The zero-order valence-corrected chi connectivity index (χ0v) is 12.8. The van der Waals surface area contributed by atoms with E-state index in [0.717, 1.165) is 23.5 Å². The van der Waals surface area contributed by atoms with Crippen molar-refractivity contribution in [2.75, 3.05) is 0 Å². The lowest BCUT2D eigenvalue weighted by Crippen LogP contribution is -2.22. The van der Waals surface area contributed by atoms with Gasteiger partial charge in [0.1, 0.15) is 6.26 Å². The van der Waals surface area contributed by atoms with Gasteiger partial charge < -0.3 is 9.73 Å². The van der Waals surface area contributed by atoms with Crippen molar-refractivity contribution in [3.05, 3.63) is 76.1 Å². The highest BCUT2D eigenvalue weighted by Crippen LogP contribution is 2.13. The van der Waals surface area contributed by atoms with Crippen molar-refractivity contribution >= 4 is 17.2 Å². The summed E-state index contributed by atoms with van der Waals surface area (Å²) in [5.41, 5.74) is 2.73. The van der Waals surface area contributed by atoms with Gasteiger partial charge in [0.25, 0.3) is 5.91 Å². The first-order valence-electron chi connectivity index (χ1n) is 7.09. The van der Waals surface area contributed by atoms with Crippen LogP contribution in [0.1, 0.15) is 26.6 Å². The molecule has 22 heavy (non-hydrogen) atoms. The average Bonchev–Trinajstić information content (AvgIpc) is 3.23. The second-order valence-electron chi connectivity index (χ2n) is 4.91. The lowest BCUT2D eigenvalue weighted by molar-refractivity contribution is 0.0950. The van der Waals surface area contributed by atoms with Crippen molar-refractivity contribution in [3.8, 4) is 0 Å². The molecule has 3 aromatic rings. The highest BCUT2D eigenvalue weighted by molar-refractivity contribution is 7.09. The molecule has 0 aliphatic rings. The van der Waals surface area contributed by atoms with Gasteiger partial charge in [-0.1, -0.05) is 30.3 Å². The molecule has 1 aromatic carbocycles. The van der Waals surface area contributed by atoms with E-state index in [2.05, 4.69) is 22.4 Å². The minimum atomic E-state index is -0.146. The normalized spacial score (nSPS) is 10.5. The first-order valence-corrected chi connectivity index (χ1v) is 7.97. The van der Waals surface area contributed by atoms with E-state index in [1.54, 1.807) is 17.4 Å². The molecule has 2 aromatic heterocycles. The fraction of sp³-hybridized carbons (Fsp3) is 0.176. The summed E-state index contributed by atoms with van der Waals surface area (Å²) in [5.74, 6) is -0.146. The number of rotatable bonds is 6. The summed E-state index contributed by atoms with van der Waals surface area (Å²) in [5, 5.41) is 5.92. The molecule has 0 spiro atoms. The molecule has 0 saturated heterocycles. The SMILES string of the molecule is O=C(NCc1csc(CCc2ccccc2)n1)c1ccoc1. The summed E-state index contributed by atoms with van der Waals surface area (Å²) < 4.78 is 4.89. The van der Waals surface area contributed by atoms with E-state index in [1.807, 2.05) is 23.6 Å². The van der Waals surface area contributed by atoms with Crippen LogP contribution in [0.3, 0.4) is 0 Å². The summed E-state index contributed by atoms with van der Waals surface area (Å²) in [6.45, 7) is 0.436. The fourth-order valence-electron chi connectivity index (χ4n) is 2.11. The number of carbonyl (C=O) groups excluding carboxylic acids is 1. The average molecular weight is 312 g/mol. The van der Waals surface area contributed by atoms with Crippen LogP contribution in [0.5, 0.6) is 0 Å². The predicted molar refractivity (Wildman–Crippen MR) is 85.8 cm³/mol. The smallest absolute Gasteiger partial charge is 0.254 e. The maximum atomic E-state index is 11.8. The quantitative estimate of drug-likeness (QED) is 0.758. The van der Waals surface area contributed by atoms with E-state index in [4.69, 9.17) is 4.42 Å². The second kappa shape index (κ2) is 7.04. The first kappa shape index (κ1) is 14.5. The minimum Gasteiger partial charge on any atom is -0.472 e. The summed E-state index contributed by atoms with van der Waals surface area (Å²) in [6.07, 6.45) is 4.82. The maximum absolute atomic E-state index is 11.8. The van der Waals surface area contributed by atoms with Gasteiger partial charge in [0.15, 0.2) is 0 Å². The summed E-state index contributed by atoms with van der Waals surface area (Å²) in [7, 11) is 0. The Labute approximate surface area is 132 Å². The highest BCUT2D eigenvalue weighted by Gasteiger charge is 2.08. The van der Waals surface area contributed by atoms with E-state index in [9.17, 15) is 4.79 Å². The molecule has 0 saturated carbocycles. The Bertz CT molecular complexity index is 720. The molecule has 1 amide bonds. The lowest BCUT2D eigenvalue weighted by atomic mass is 10.1. The Morgan fingerprint density at radius 3 is 2.82 bits per heavy atom. The number of hydrogen-bond acceptors (Lipinski definition) is 4. The number of hydrogen-bond donors (Lipinski definition) is 1. The number of amides is 1. The lowest BCUT2D eigenvalue weighted by Gasteiger charge is -2.00. The molecule has 0 aliphatic heterocycles. The van der Waals surface area contributed by atoms with E-state index in [1.165, 1.54) is 18.1 Å². The van der Waals surface area contributed by atoms with Gasteiger partial charge in [-0.2, -0.15) is 0 Å². The van der Waals surface area contributed by atoms with Crippen LogP contribution in [0.15, 0.2) is 58.7 Å². The van der Waals surface area contributed by atoms with Gasteiger partial charge in [0.05, 0.1) is 29.1 Å². The molecule has 0 radical (unpaired) electrons. The van der Waals surface area contributed by atoms with Crippen LogP contribution < -0.4 is 5.32 Å².